The van der Waals surface area contributed by atoms with Crippen LogP contribution in [0.5, 0.6) is 5.75 Å². The molecule has 3 atom stereocenters. The van der Waals surface area contributed by atoms with E-state index in [0.717, 1.165) is 23.1 Å². The van der Waals surface area contributed by atoms with E-state index in [2.05, 4.69) is 10.1 Å². The van der Waals surface area contributed by atoms with E-state index < -0.39 is 92.4 Å². The number of amides is 2. The number of rotatable bonds is 7. The fourth-order valence-corrected chi connectivity index (χ4v) is 6.28. The molecule has 0 spiro atoms. The third-order valence-corrected chi connectivity index (χ3v) is 8.96. The lowest BCUT2D eigenvalue weighted by molar-refractivity contribution is -0.153. The Bertz CT molecular complexity index is 1250. The fourth-order valence-electron chi connectivity index (χ4n) is 4.05. The summed E-state index contributed by atoms with van der Waals surface area (Å²) in [7, 11) is -4.37. The van der Waals surface area contributed by atoms with E-state index in [1.54, 1.807) is 0 Å². The normalized spacial score (nSPS) is 26.1. The molecule has 0 aromatic heterocycles. The first-order valence-electron chi connectivity index (χ1n) is 10.7. The molecule has 1 N–H and O–H groups in total. The van der Waals surface area contributed by atoms with Gasteiger partial charge >= 0.3 is 6.18 Å². The van der Waals surface area contributed by atoms with E-state index in [1.165, 1.54) is 0 Å². The average molecular weight is 556 g/mol. The van der Waals surface area contributed by atoms with Crippen LogP contribution < -0.4 is 10.1 Å². The van der Waals surface area contributed by atoms with E-state index in [4.69, 9.17) is 11.6 Å². The molecule has 1 saturated heterocycles. The number of alkyl halides is 5. The lowest BCUT2D eigenvalue weighted by atomic mass is 10.1. The Morgan fingerprint density at radius 1 is 1.28 bits per heavy atom. The zero-order valence-corrected chi connectivity index (χ0v) is 19.9. The maximum Gasteiger partial charge on any atom is 0.422 e. The number of benzene rings is 1. The van der Waals surface area contributed by atoms with Gasteiger partial charge in [-0.1, -0.05) is 11.6 Å². The average Bonchev–Trinajstić information content (AvgIpc) is 3.62. The molecule has 2 amide bonds. The summed E-state index contributed by atoms with van der Waals surface area (Å²) < 4.78 is 95.5. The van der Waals surface area contributed by atoms with Crippen LogP contribution in [0, 0.1) is 17.2 Å². The molecule has 3 fully saturated rings. The minimum atomic E-state index is -4.63. The van der Waals surface area contributed by atoms with Gasteiger partial charge < -0.3 is 15.0 Å². The van der Waals surface area contributed by atoms with Crippen molar-refractivity contribution in [1.82, 2.24) is 10.2 Å². The number of ether oxygens (including phenoxy) is 1. The first-order chi connectivity index (χ1) is 16.6. The van der Waals surface area contributed by atoms with Gasteiger partial charge in [-0.05, 0) is 31.4 Å². The largest absolute Gasteiger partial charge is 0.484 e. The molecular formula is C21H19ClF5N3O5S. The van der Waals surface area contributed by atoms with Gasteiger partial charge in [-0.25, -0.2) is 17.2 Å². The Labute approximate surface area is 207 Å². The molecule has 3 unspecified atom stereocenters. The number of hydrogen-bond donors (Lipinski definition) is 1. The molecule has 1 aromatic carbocycles. The molecule has 2 aliphatic carbocycles. The Balaban J connectivity index is 1.57. The molecule has 1 aromatic rings. The molecule has 0 radical (unpaired) electrons. The van der Waals surface area contributed by atoms with Crippen LogP contribution in [-0.4, -0.2) is 67.2 Å². The second kappa shape index (κ2) is 8.72. The number of nitrogens with one attached hydrogen (secondary N) is 1. The van der Waals surface area contributed by atoms with Gasteiger partial charge in [-0.15, -0.1) is 0 Å². The van der Waals surface area contributed by atoms with Crippen LogP contribution in [0.4, 0.5) is 22.0 Å². The Morgan fingerprint density at radius 3 is 2.42 bits per heavy atom. The van der Waals surface area contributed by atoms with Crippen LogP contribution in [-0.2, 0) is 19.4 Å². The molecule has 1 heterocycles. The van der Waals surface area contributed by atoms with E-state index in [-0.39, 0.29) is 5.75 Å². The highest BCUT2D eigenvalue weighted by molar-refractivity contribution is 7.92. The van der Waals surface area contributed by atoms with Crippen molar-refractivity contribution >= 4 is 33.3 Å². The summed E-state index contributed by atoms with van der Waals surface area (Å²) in [6.45, 7) is -2.20. The Morgan fingerprint density at radius 2 is 1.92 bits per heavy atom. The number of nitrogens with zero attached hydrogens (tertiary/aromatic N) is 2. The summed E-state index contributed by atoms with van der Waals surface area (Å²) in [5.41, 5.74) is -1.14. The smallest absolute Gasteiger partial charge is 0.422 e. The number of hydrogen-bond acceptors (Lipinski definition) is 6. The summed E-state index contributed by atoms with van der Waals surface area (Å²) in [6, 6.07) is 3.31. The highest BCUT2D eigenvalue weighted by atomic mass is 35.5. The molecule has 15 heteroatoms. The quantitative estimate of drug-likeness (QED) is 0.517. The number of likely N-dealkylation sites (tertiary alicyclic amines) is 1. The van der Waals surface area contributed by atoms with Gasteiger partial charge in [0.2, 0.25) is 11.8 Å². The van der Waals surface area contributed by atoms with E-state index in [1.807, 2.05) is 6.07 Å². The van der Waals surface area contributed by atoms with Gasteiger partial charge in [-0.2, -0.15) is 18.4 Å². The van der Waals surface area contributed by atoms with Gasteiger partial charge in [0.05, 0.1) is 21.2 Å². The number of sulfone groups is 1. The minimum absolute atomic E-state index is 0.334. The molecule has 36 heavy (non-hydrogen) atoms. The van der Waals surface area contributed by atoms with E-state index in [0.29, 0.717) is 12.8 Å². The molecular weight excluding hydrogens is 537 g/mol. The molecule has 8 nitrogen and oxygen atoms in total. The van der Waals surface area contributed by atoms with Gasteiger partial charge in [-0.3, -0.25) is 9.59 Å². The summed E-state index contributed by atoms with van der Waals surface area (Å²) in [6.07, 6.45) is -5.08. The zero-order valence-electron chi connectivity index (χ0n) is 18.3. The number of halogens is 6. The van der Waals surface area contributed by atoms with Crippen molar-refractivity contribution < 1.29 is 44.7 Å². The fraction of sp³-hybridized carbons (Fsp3) is 0.571. The molecule has 4 rings (SSSR count). The van der Waals surface area contributed by atoms with Gasteiger partial charge in [0.15, 0.2) is 16.4 Å². The lowest BCUT2D eigenvalue weighted by Crippen LogP contribution is -2.50. The van der Waals surface area contributed by atoms with Crippen LogP contribution in [0.2, 0.25) is 5.02 Å². The summed E-state index contributed by atoms with van der Waals surface area (Å²) in [5, 5.41) is 9.83. The number of carbonyl (C=O) groups is 2. The summed E-state index contributed by atoms with van der Waals surface area (Å²) in [4.78, 5) is 25.9. The van der Waals surface area contributed by atoms with Crippen molar-refractivity contribution in [3.05, 3.63) is 23.2 Å². The first kappa shape index (κ1) is 26.4. The standard InChI is InChI=1S/C21H19ClF5N3O5S/c22-14-5-11(35-10-21(25,26)27)1-2-16(14)36(33,34)12-6-15(17(31)29-19(9-28)3-4-19)30(8-12)18(32)13-7-20(13,23)24/h1-2,5,12-13,15H,3-4,6-8,10H2,(H,29,31). The monoisotopic (exact) mass is 555 g/mol. The minimum Gasteiger partial charge on any atom is -0.484 e. The van der Waals surface area contributed by atoms with Crippen LogP contribution in [0.25, 0.3) is 0 Å². The predicted molar refractivity (Wildman–Crippen MR) is 113 cm³/mol. The Kier molecular flexibility index (Phi) is 6.40. The van der Waals surface area contributed by atoms with Crippen LogP contribution in [0.1, 0.15) is 25.7 Å². The van der Waals surface area contributed by atoms with Crippen LogP contribution >= 0.6 is 11.6 Å². The molecule has 196 valence electrons. The van der Waals surface area contributed by atoms with Crippen molar-refractivity contribution in [2.24, 2.45) is 5.92 Å². The first-order valence-corrected chi connectivity index (χ1v) is 12.7. The van der Waals surface area contributed by atoms with Gasteiger partial charge in [0.25, 0.3) is 5.92 Å². The highest BCUT2D eigenvalue weighted by Crippen LogP contribution is 2.50. The molecule has 0 bridgehead atoms. The van der Waals surface area contributed by atoms with E-state index >= 15 is 0 Å². The molecule has 2 saturated carbocycles. The van der Waals surface area contributed by atoms with E-state index in [9.17, 15) is 45.2 Å². The maximum absolute atomic E-state index is 13.6. The predicted octanol–water partition coefficient (Wildman–Crippen LogP) is 2.85. The summed E-state index contributed by atoms with van der Waals surface area (Å²) in [5.74, 6) is -7.16. The Hall–Kier alpha value is -2.66. The van der Waals surface area contributed by atoms with Crippen molar-refractivity contribution in [2.45, 2.75) is 59.5 Å². The third kappa shape index (κ3) is 5.22. The summed E-state index contributed by atoms with van der Waals surface area (Å²) >= 11 is 6.02. The second-order valence-electron chi connectivity index (χ2n) is 9.11. The third-order valence-electron chi connectivity index (χ3n) is 6.35. The van der Waals surface area contributed by atoms with Crippen LogP contribution in [0.15, 0.2) is 23.1 Å². The topological polar surface area (TPSA) is 117 Å². The van der Waals surface area contributed by atoms with Gasteiger partial charge in [0, 0.05) is 19.0 Å². The number of carbonyl (C=O) groups excluding carboxylic acids is 2. The highest BCUT2D eigenvalue weighted by Gasteiger charge is 2.64. The molecule has 3 aliphatic rings. The second-order valence-corrected chi connectivity index (χ2v) is 11.7. The lowest BCUT2D eigenvalue weighted by Gasteiger charge is -2.24. The van der Waals surface area contributed by atoms with Crippen molar-refractivity contribution in [3.63, 3.8) is 0 Å². The maximum atomic E-state index is 13.6. The SMILES string of the molecule is N#CC1(NC(=O)C2CC(S(=O)(=O)c3ccc(OCC(F)(F)F)cc3Cl)CN2C(=O)C2CC2(F)F)CC1. The van der Waals surface area contributed by atoms with Crippen molar-refractivity contribution in [3.8, 4) is 11.8 Å². The van der Waals surface area contributed by atoms with Crippen molar-refractivity contribution in [1.29, 1.82) is 5.26 Å². The molecule has 1 aliphatic heterocycles. The van der Waals surface area contributed by atoms with Crippen molar-refractivity contribution in [2.75, 3.05) is 13.2 Å². The zero-order chi connectivity index (χ0) is 26.7. The van der Waals surface area contributed by atoms with Gasteiger partial charge in [0.1, 0.15) is 23.2 Å². The van der Waals surface area contributed by atoms with Crippen LogP contribution in [0.3, 0.4) is 0 Å². The number of nitriles is 1.